The number of hydrogen-bond acceptors (Lipinski definition) is 2. The smallest absolute Gasteiger partial charge is 0.254 e. The van der Waals surface area contributed by atoms with Crippen molar-refractivity contribution in [2.24, 2.45) is 5.92 Å². The van der Waals surface area contributed by atoms with E-state index >= 15 is 0 Å². The summed E-state index contributed by atoms with van der Waals surface area (Å²) in [6, 6.07) is 6.36. The van der Waals surface area contributed by atoms with Gasteiger partial charge in [-0.15, -0.1) is 0 Å². The van der Waals surface area contributed by atoms with Gasteiger partial charge in [0.05, 0.1) is 0 Å². The second kappa shape index (κ2) is 5.92. The van der Waals surface area contributed by atoms with Crippen LogP contribution in [0.3, 0.4) is 0 Å². The second-order valence-electron chi connectivity index (χ2n) is 5.82. The Kier molecular flexibility index (Phi) is 4.01. The fourth-order valence-corrected chi connectivity index (χ4v) is 3.53. The summed E-state index contributed by atoms with van der Waals surface area (Å²) in [5, 5.41) is 3.42. The molecule has 108 valence electrons. The quantitative estimate of drug-likeness (QED) is 0.900. The Bertz CT molecular complexity index is 485. The maximum Gasteiger partial charge on any atom is 0.254 e. The minimum absolute atomic E-state index is 0.0161. The van der Waals surface area contributed by atoms with Crippen LogP contribution < -0.4 is 5.32 Å². The van der Waals surface area contributed by atoms with E-state index in [0.29, 0.717) is 17.5 Å². The number of amides is 1. The topological polar surface area (TPSA) is 32.3 Å². The van der Waals surface area contributed by atoms with Gasteiger partial charge >= 0.3 is 0 Å². The van der Waals surface area contributed by atoms with Gasteiger partial charge in [-0.2, -0.15) is 0 Å². The average Bonchev–Trinajstić information content (AvgIpc) is 2.97. The summed E-state index contributed by atoms with van der Waals surface area (Å²) in [5.74, 6) is 0.187. The first-order chi connectivity index (χ1) is 9.75. The van der Waals surface area contributed by atoms with Gasteiger partial charge in [-0.3, -0.25) is 4.79 Å². The summed E-state index contributed by atoms with van der Waals surface area (Å²) in [4.78, 5) is 14.6. The number of carbonyl (C=O) groups is 1. The van der Waals surface area contributed by atoms with Crippen molar-refractivity contribution in [2.75, 3.05) is 19.6 Å². The zero-order valence-corrected chi connectivity index (χ0v) is 11.6. The second-order valence-corrected chi connectivity index (χ2v) is 5.82. The normalized spacial score (nSPS) is 26.8. The summed E-state index contributed by atoms with van der Waals surface area (Å²) in [6.45, 7) is 2.88. The van der Waals surface area contributed by atoms with E-state index in [-0.39, 0.29) is 11.7 Å². The van der Waals surface area contributed by atoms with Crippen molar-refractivity contribution >= 4 is 5.91 Å². The maximum atomic E-state index is 13.3. The van der Waals surface area contributed by atoms with Crippen LogP contribution in [-0.2, 0) is 0 Å². The third-order valence-corrected chi connectivity index (χ3v) is 4.51. The van der Waals surface area contributed by atoms with E-state index < -0.39 is 0 Å². The minimum atomic E-state index is -0.342. The van der Waals surface area contributed by atoms with Crippen LogP contribution in [0, 0.1) is 11.7 Å². The number of halogens is 1. The molecule has 1 N–H and O–H groups in total. The van der Waals surface area contributed by atoms with Crippen molar-refractivity contribution in [1.29, 1.82) is 0 Å². The Balaban J connectivity index is 1.76. The summed E-state index contributed by atoms with van der Waals surface area (Å²) in [5.41, 5.74) is 0.473. The van der Waals surface area contributed by atoms with Crippen molar-refractivity contribution in [2.45, 2.75) is 31.7 Å². The third kappa shape index (κ3) is 2.70. The van der Waals surface area contributed by atoms with Crippen molar-refractivity contribution in [3.8, 4) is 0 Å². The Morgan fingerprint density at radius 1 is 1.30 bits per heavy atom. The monoisotopic (exact) mass is 276 g/mol. The molecule has 1 aromatic rings. The molecule has 3 nitrogen and oxygen atoms in total. The molecule has 0 aliphatic carbocycles. The van der Waals surface area contributed by atoms with Gasteiger partial charge in [-0.25, -0.2) is 4.39 Å². The van der Waals surface area contributed by atoms with E-state index in [4.69, 9.17) is 0 Å². The summed E-state index contributed by atoms with van der Waals surface area (Å²) >= 11 is 0. The highest BCUT2D eigenvalue weighted by Crippen LogP contribution is 2.29. The predicted molar refractivity (Wildman–Crippen MR) is 76.1 cm³/mol. The zero-order valence-electron chi connectivity index (χ0n) is 11.6. The maximum absolute atomic E-state index is 13.3. The number of nitrogens with one attached hydrogen (secondary N) is 1. The first kappa shape index (κ1) is 13.6. The lowest BCUT2D eigenvalue weighted by Gasteiger charge is -2.34. The fraction of sp³-hybridized carbons (Fsp3) is 0.562. The number of likely N-dealkylation sites (tertiary alicyclic amines) is 1. The number of nitrogens with zero attached hydrogens (tertiary/aromatic N) is 1. The molecule has 2 unspecified atom stereocenters. The minimum Gasteiger partial charge on any atom is -0.335 e. The third-order valence-electron chi connectivity index (χ3n) is 4.51. The highest BCUT2D eigenvalue weighted by Gasteiger charge is 2.35. The lowest BCUT2D eigenvalue weighted by atomic mass is 9.90. The average molecular weight is 276 g/mol. The van der Waals surface area contributed by atoms with Crippen LogP contribution in [0.2, 0.25) is 0 Å². The largest absolute Gasteiger partial charge is 0.335 e. The molecule has 2 fully saturated rings. The van der Waals surface area contributed by atoms with Crippen LogP contribution in [0.25, 0.3) is 0 Å². The van der Waals surface area contributed by atoms with Gasteiger partial charge in [-0.1, -0.05) is 6.07 Å². The van der Waals surface area contributed by atoms with Crippen LogP contribution in [0.1, 0.15) is 36.0 Å². The van der Waals surface area contributed by atoms with Gasteiger partial charge in [0.25, 0.3) is 5.91 Å². The van der Waals surface area contributed by atoms with Crippen LogP contribution in [0.5, 0.6) is 0 Å². The fourth-order valence-electron chi connectivity index (χ4n) is 3.53. The molecule has 1 aromatic carbocycles. The molecule has 0 bridgehead atoms. The summed E-state index contributed by atoms with van der Waals surface area (Å²) in [7, 11) is 0. The van der Waals surface area contributed by atoms with Gasteiger partial charge in [0.2, 0.25) is 0 Å². The Hall–Kier alpha value is -1.42. The van der Waals surface area contributed by atoms with Crippen LogP contribution >= 0.6 is 0 Å². The molecule has 1 amide bonds. The number of rotatable bonds is 2. The van der Waals surface area contributed by atoms with E-state index in [1.54, 1.807) is 12.1 Å². The number of benzene rings is 1. The van der Waals surface area contributed by atoms with E-state index in [2.05, 4.69) is 5.32 Å². The highest BCUT2D eigenvalue weighted by atomic mass is 19.1. The molecular weight excluding hydrogens is 255 g/mol. The molecule has 0 aromatic heterocycles. The van der Waals surface area contributed by atoms with Crippen molar-refractivity contribution in [3.63, 3.8) is 0 Å². The summed E-state index contributed by atoms with van der Waals surface area (Å²) in [6.07, 6.45) is 4.50. The van der Waals surface area contributed by atoms with Gasteiger partial charge in [0.15, 0.2) is 0 Å². The first-order valence-corrected chi connectivity index (χ1v) is 7.53. The molecule has 2 aliphatic rings. The van der Waals surface area contributed by atoms with Crippen LogP contribution in [0.15, 0.2) is 24.3 Å². The Morgan fingerprint density at radius 3 is 2.95 bits per heavy atom. The van der Waals surface area contributed by atoms with E-state index in [0.717, 1.165) is 32.5 Å². The molecule has 0 spiro atoms. The van der Waals surface area contributed by atoms with Crippen LogP contribution in [-0.4, -0.2) is 36.5 Å². The molecule has 20 heavy (non-hydrogen) atoms. The molecule has 2 atom stereocenters. The predicted octanol–water partition coefficient (Wildman–Crippen LogP) is 2.43. The molecule has 2 aliphatic heterocycles. The van der Waals surface area contributed by atoms with Gasteiger partial charge in [-0.05, 0) is 62.9 Å². The SMILES string of the molecule is O=C(c1cccc(F)c1)N1CCCC1C1CCCNC1. The number of piperidine rings is 1. The summed E-state index contributed by atoms with van der Waals surface area (Å²) < 4.78 is 13.3. The Labute approximate surface area is 119 Å². The van der Waals surface area contributed by atoms with Crippen molar-refractivity contribution in [1.82, 2.24) is 10.2 Å². The lowest BCUT2D eigenvalue weighted by molar-refractivity contribution is 0.0670. The molecule has 2 heterocycles. The molecular formula is C16H21FN2O. The standard InChI is InChI=1S/C16H21FN2O/c17-14-6-1-4-12(10-14)16(20)19-9-3-7-15(19)13-5-2-8-18-11-13/h1,4,6,10,13,15,18H,2-3,5,7-9,11H2. The molecule has 3 rings (SSSR count). The van der Waals surface area contributed by atoms with E-state index in [9.17, 15) is 9.18 Å². The van der Waals surface area contributed by atoms with E-state index in [1.807, 2.05) is 4.90 Å². The van der Waals surface area contributed by atoms with Gasteiger partial charge < -0.3 is 10.2 Å². The van der Waals surface area contributed by atoms with Crippen molar-refractivity contribution in [3.05, 3.63) is 35.6 Å². The molecule has 0 saturated carbocycles. The molecule has 0 radical (unpaired) electrons. The molecule has 2 saturated heterocycles. The van der Waals surface area contributed by atoms with Crippen molar-refractivity contribution < 1.29 is 9.18 Å². The lowest BCUT2D eigenvalue weighted by Crippen LogP contribution is -2.45. The van der Waals surface area contributed by atoms with E-state index in [1.165, 1.54) is 25.0 Å². The van der Waals surface area contributed by atoms with Crippen LogP contribution in [0.4, 0.5) is 4.39 Å². The van der Waals surface area contributed by atoms with Gasteiger partial charge in [0, 0.05) is 18.2 Å². The van der Waals surface area contributed by atoms with Gasteiger partial charge in [0.1, 0.15) is 5.82 Å². The first-order valence-electron chi connectivity index (χ1n) is 7.53. The number of carbonyl (C=O) groups excluding carboxylic acids is 1. The number of hydrogen-bond donors (Lipinski definition) is 1. The Morgan fingerprint density at radius 2 is 2.20 bits per heavy atom. The molecule has 4 heteroatoms. The highest BCUT2D eigenvalue weighted by molar-refractivity contribution is 5.94. The zero-order chi connectivity index (χ0) is 13.9.